The molecule has 0 aliphatic carbocycles. The Hall–Kier alpha value is -1.87. The summed E-state index contributed by atoms with van der Waals surface area (Å²) in [5.41, 5.74) is -0.0991. The fourth-order valence-corrected chi connectivity index (χ4v) is 1.99. The number of ether oxygens (including phenoxy) is 1. The summed E-state index contributed by atoms with van der Waals surface area (Å²) in [6.07, 6.45) is 3.73. The Balaban J connectivity index is 2.25. The van der Waals surface area contributed by atoms with Crippen molar-refractivity contribution in [1.29, 1.82) is 5.26 Å². The summed E-state index contributed by atoms with van der Waals surface area (Å²) in [7, 11) is 0. The van der Waals surface area contributed by atoms with E-state index >= 15 is 0 Å². The zero-order valence-electron chi connectivity index (χ0n) is 10.4. The quantitative estimate of drug-likeness (QED) is 0.773. The van der Waals surface area contributed by atoms with Crippen molar-refractivity contribution < 1.29 is 4.74 Å². The summed E-state index contributed by atoms with van der Waals surface area (Å²) in [5, 5.41) is 8.86. The molecule has 18 heavy (non-hydrogen) atoms. The van der Waals surface area contributed by atoms with E-state index in [-0.39, 0.29) is 5.56 Å². The molecule has 1 atom stereocenters. The normalized spacial score (nSPS) is 19.6. The van der Waals surface area contributed by atoms with E-state index in [0.29, 0.717) is 32.1 Å². The number of nitrogens with zero attached hydrogens (tertiary/aromatic N) is 4. The highest BCUT2D eigenvalue weighted by atomic mass is 16.5. The van der Waals surface area contributed by atoms with E-state index in [1.165, 1.54) is 0 Å². The molecule has 1 aliphatic heterocycles. The van der Waals surface area contributed by atoms with Crippen LogP contribution in [0.1, 0.15) is 13.3 Å². The molecule has 0 bridgehead atoms. The summed E-state index contributed by atoms with van der Waals surface area (Å²) < 4.78 is 6.91. The van der Waals surface area contributed by atoms with Crippen molar-refractivity contribution >= 4 is 5.82 Å². The first-order valence-corrected chi connectivity index (χ1v) is 6.08. The molecule has 0 saturated carbocycles. The minimum atomic E-state index is -0.486. The van der Waals surface area contributed by atoms with E-state index in [1.54, 1.807) is 17.0 Å². The molecule has 1 aromatic rings. The van der Waals surface area contributed by atoms with Crippen molar-refractivity contribution in [1.82, 2.24) is 9.55 Å². The molecule has 0 spiro atoms. The SMILES string of the molecule is CCCn1ccnc(N2CCOC(C#N)C2)c1=O. The highest BCUT2D eigenvalue weighted by molar-refractivity contribution is 5.37. The van der Waals surface area contributed by atoms with E-state index < -0.39 is 6.10 Å². The summed E-state index contributed by atoms with van der Waals surface area (Å²) >= 11 is 0. The Morgan fingerprint density at radius 2 is 2.50 bits per heavy atom. The number of hydrogen-bond donors (Lipinski definition) is 0. The zero-order chi connectivity index (χ0) is 13.0. The number of hydrogen-bond acceptors (Lipinski definition) is 5. The lowest BCUT2D eigenvalue weighted by Gasteiger charge is -2.30. The van der Waals surface area contributed by atoms with Crippen molar-refractivity contribution in [2.24, 2.45) is 0 Å². The van der Waals surface area contributed by atoms with Gasteiger partial charge in [-0.15, -0.1) is 0 Å². The average molecular weight is 248 g/mol. The Morgan fingerprint density at radius 3 is 3.22 bits per heavy atom. The molecule has 6 heteroatoms. The van der Waals surface area contributed by atoms with Gasteiger partial charge in [-0.05, 0) is 6.42 Å². The Bertz CT molecular complexity index is 506. The molecule has 1 aliphatic rings. The monoisotopic (exact) mass is 248 g/mol. The first kappa shape index (κ1) is 12.6. The van der Waals surface area contributed by atoms with Crippen LogP contribution in [0.4, 0.5) is 5.82 Å². The lowest BCUT2D eigenvalue weighted by Crippen LogP contribution is -2.45. The van der Waals surface area contributed by atoms with Gasteiger partial charge in [-0.3, -0.25) is 4.79 Å². The van der Waals surface area contributed by atoms with Gasteiger partial charge < -0.3 is 14.2 Å². The molecule has 2 heterocycles. The minimum absolute atomic E-state index is 0.0991. The fraction of sp³-hybridized carbons (Fsp3) is 0.583. The van der Waals surface area contributed by atoms with Crippen molar-refractivity contribution in [3.63, 3.8) is 0 Å². The zero-order valence-corrected chi connectivity index (χ0v) is 10.4. The number of aryl methyl sites for hydroxylation is 1. The molecule has 1 aromatic heterocycles. The molecule has 1 unspecified atom stereocenters. The van der Waals surface area contributed by atoms with E-state index in [1.807, 2.05) is 11.8 Å². The van der Waals surface area contributed by atoms with Gasteiger partial charge in [-0.25, -0.2) is 4.98 Å². The second kappa shape index (κ2) is 5.65. The van der Waals surface area contributed by atoms with Gasteiger partial charge >= 0.3 is 0 Å². The molecular weight excluding hydrogens is 232 g/mol. The van der Waals surface area contributed by atoms with Crippen LogP contribution in [0.2, 0.25) is 0 Å². The molecule has 6 nitrogen and oxygen atoms in total. The molecule has 0 aromatic carbocycles. The number of rotatable bonds is 3. The number of morpholine rings is 1. The molecule has 1 saturated heterocycles. The Morgan fingerprint density at radius 1 is 1.67 bits per heavy atom. The number of aromatic nitrogens is 2. The van der Waals surface area contributed by atoms with E-state index in [0.717, 1.165) is 6.42 Å². The molecule has 1 fully saturated rings. The minimum Gasteiger partial charge on any atom is -0.360 e. The van der Waals surface area contributed by atoms with Crippen molar-refractivity contribution in [2.75, 3.05) is 24.6 Å². The van der Waals surface area contributed by atoms with Gasteiger partial charge in [0.15, 0.2) is 11.9 Å². The van der Waals surface area contributed by atoms with Gasteiger partial charge in [0.1, 0.15) is 0 Å². The van der Waals surface area contributed by atoms with Gasteiger partial charge in [-0.1, -0.05) is 6.92 Å². The van der Waals surface area contributed by atoms with Gasteiger partial charge in [0.2, 0.25) is 0 Å². The molecule has 96 valence electrons. The highest BCUT2D eigenvalue weighted by Crippen LogP contribution is 2.10. The third kappa shape index (κ3) is 2.51. The smallest absolute Gasteiger partial charge is 0.293 e. The fourth-order valence-electron chi connectivity index (χ4n) is 1.99. The van der Waals surface area contributed by atoms with Crippen molar-refractivity contribution in [3.05, 3.63) is 22.7 Å². The van der Waals surface area contributed by atoms with Crippen LogP contribution in [0.5, 0.6) is 0 Å². The largest absolute Gasteiger partial charge is 0.360 e. The number of nitriles is 1. The van der Waals surface area contributed by atoms with E-state index in [2.05, 4.69) is 11.1 Å². The van der Waals surface area contributed by atoms with E-state index in [4.69, 9.17) is 10.00 Å². The first-order chi connectivity index (χ1) is 8.76. The van der Waals surface area contributed by atoms with Gasteiger partial charge in [-0.2, -0.15) is 5.26 Å². The molecule has 0 N–H and O–H groups in total. The van der Waals surface area contributed by atoms with Crippen LogP contribution in [0, 0.1) is 11.3 Å². The maximum atomic E-state index is 12.2. The average Bonchev–Trinajstić information content (AvgIpc) is 2.41. The van der Waals surface area contributed by atoms with Crippen LogP contribution >= 0.6 is 0 Å². The summed E-state index contributed by atoms with van der Waals surface area (Å²) in [6.45, 7) is 4.14. The summed E-state index contributed by atoms with van der Waals surface area (Å²) in [4.78, 5) is 18.2. The van der Waals surface area contributed by atoms with E-state index in [9.17, 15) is 4.79 Å². The predicted octanol–water partition coefficient (Wildman–Crippen LogP) is 0.382. The summed E-state index contributed by atoms with van der Waals surface area (Å²) in [5.74, 6) is 0.412. The standard InChI is InChI=1S/C12H16N4O2/c1-2-4-15-5-3-14-11(12(15)17)16-6-7-18-10(8-13)9-16/h3,5,10H,2,4,6-7,9H2,1H3. The van der Waals surface area contributed by atoms with Crippen LogP contribution in [0.3, 0.4) is 0 Å². The van der Waals surface area contributed by atoms with Crippen LogP contribution in [-0.2, 0) is 11.3 Å². The third-order valence-corrected chi connectivity index (χ3v) is 2.87. The van der Waals surface area contributed by atoms with Crippen LogP contribution in [-0.4, -0.2) is 35.4 Å². The lowest BCUT2D eigenvalue weighted by atomic mass is 10.3. The lowest BCUT2D eigenvalue weighted by molar-refractivity contribution is 0.0760. The van der Waals surface area contributed by atoms with Crippen molar-refractivity contribution in [3.8, 4) is 6.07 Å². The topological polar surface area (TPSA) is 71.2 Å². The molecule has 2 rings (SSSR count). The number of anilines is 1. The maximum absolute atomic E-state index is 12.2. The highest BCUT2D eigenvalue weighted by Gasteiger charge is 2.23. The van der Waals surface area contributed by atoms with Crippen molar-refractivity contribution in [2.45, 2.75) is 26.0 Å². The second-order valence-corrected chi connectivity index (χ2v) is 4.18. The Kier molecular flexibility index (Phi) is 3.95. The van der Waals surface area contributed by atoms with Crippen LogP contribution < -0.4 is 10.5 Å². The third-order valence-electron chi connectivity index (χ3n) is 2.87. The van der Waals surface area contributed by atoms with Crippen LogP contribution in [0.15, 0.2) is 17.2 Å². The van der Waals surface area contributed by atoms with Gasteiger partial charge in [0.25, 0.3) is 5.56 Å². The Labute approximate surface area is 105 Å². The second-order valence-electron chi connectivity index (χ2n) is 4.18. The molecule has 0 radical (unpaired) electrons. The first-order valence-electron chi connectivity index (χ1n) is 6.08. The van der Waals surface area contributed by atoms with Crippen LogP contribution in [0.25, 0.3) is 0 Å². The molecule has 0 amide bonds. The predicted molar refractivity (Wildman–Crippen MR) is 66.4 cm³/mol. The molecular formula is C12H16N4O2. The maximum Gasteiger partial charge on any atom is 0.293 e. The van der Waals surface area contributed by atoms with Gasteiger partial charge in [0, 0.05) is 25.5 Å². The summed E-state index contributed by atoms with van der Waals surface area (Å²) in [6, 6.07) is 2.06. The van der Waals surface area contributed by atoms with Gasteiger partial charge in [0.05, 0.1) is 19.2 Å².